The van der Waals surface area contributed by atoms with Gasteiger partial charge in [0.05, 0.1) is 23.5 Å². The van der Waals surface area contributed by atoms with Crippen LogP contribution < -0.4 is 14.9 Å². The van der Waals surface area contributed by atoms with Crippen LogP contribution in [0.25, 0.3) is 0 Å². The fourth-order valence-corrected chi connectivity index (χ4v) is 5.93. The summed E-state index contributed by atoms with van der Waals surface area (Å²) in [6, 6.07) is 4.91. The minimum Gasteiger partial charge on any atom is -0.385 e. The highest BCUT2D eigenvalue weighted by Gasteiger charge is 2.31. The van der Waals surface area contributed by atoms with Crippen LogP contribution in [-0.4, -0.2) is 51.0 Å². The van der Waals surface area contributed by atoms with Crippen LogP contribution in [0, 0.1) is 19.8 Å². The van der Waals surface area contributed by atoms with Gasteiger partial charge in [-0.15, -0.1) is 0 Å². The summed E-state index contributed by atoms with van der Waals surface area (Å²) in [5.74, 6) is 0.579. The summed E-state index contributed by atoms with van der Waals surface area (Å²) in [5, 5.41) is 3.31. The number of nitrogens with zero attached hydrogens (tertiary/aromatic N) is 1. The van der Waals surface area contributed by atoms with E-state index in [0.717, 1.165) is 38.8 Å². The Morgan fingerprint density at radius 1 is 1.06 bits per heavy atom. The highest BCUT2D eigenvalue weighted by molar-refractivity contribution is 7.90. The molecule has 3 atom stereocenters. The first-order valence-corrected chi connectivity index (χ1v) is 13.8. The maximum atomic E-state index is 12.1. The fraction of sp³-hybridized carbons (Fsp3) is 0.760. The van der Waals surface area contributed by atoms with Gasteiger partial charge in [0.25, 0.3) is 0 Å². The standard InChI is InChI=1S/C25H43N3O3S/c1-16(2)32(29,30)27-23-10-8-22(9-11-23)14-26-24-12-13-25(19(5)18(24)4)28-15-17(3)31-21(7)20(28)6/h12-13,16-17,20-23,26-27H,8-11,14-15H2,1-7H3/t17-,20?,21+,22?,23?/m0/s1. The molecule has 1 unspecified atom stereocenters. The molecule has 7 heteroatoms. The summed E-state index contributed by atoms with van der Waals surface area (Å²) in [4.78, 5) is 2.49. The van der Waals surface area contributed by atoms with Gasteiger partial charge in [0.1, 0.15) is 0 Å². The van der Waals surface area contributed by atoms with Crippen LogP contribution in [0.2, 0.25) is 0 Å². The second-order valence-corrected chi connectivity index (χ2v) is 12.5. The van der Waals surface area contributed by atoms with Crippen molar-refractivity contribution < 1.29 is 13.2 Å². The van der Waals surface area contributed by atoms with Crippen molar-refractivity contribution in [3.63, 3.8) is 0 Å². The van der Waals surface area contributed by atoms with Crippen molar-refractivity contribution in [1.82, 2.24) is 4.72 Å². The summed E-state index contributed by atoms with van der Waals surface area (Å²) in [6.07, 6.45) is 4.39. The minimum absolute atomic E-state index is 0.0854. The molecule has 1 aromatic carbocycles. The van der Waals surface area contributed by atoms with Gasteiger partial charge >= 0.3 is 0 Å². The molecule has 6 nitrogen and oxygen atoms in total. The Hall–Kier alpha value is -1.31. The second-order valence-electron chi connectivity index (χ2n) is 10.2. The number of anilines is 2. The van der Waals surface area contributed by atoms with Crippen molar-refractivity contribution >= 4 is 21.4 Å². The monoisotopic (exact) mass is 465 g/mol. The first kappa shape index (κ1) is 25.3. The van der Waals surface area contributed by atoms with Crippen molar-refractivity contribution in [2.24, 2.45) is 5.92 Å². The largest absolute Gasteiger partial charge is 0.385 e. The molecule has 2 aliphatic rings. The summed E-state index contributed by atoms with van der Waals surface area (Å²) in [5.41, 5.74) is 5.14. The molecule has 1 heterocycles. The van der Waals surface area contributed by atoms with E-state index in [0.29, 0.717) is 12.0 Å². The lowest BCUT2D eigenvalue weighted by atomic mass is 9.86. The van der Waals surface area contributed by atoms with Gasteiger partial charge in [-0.05, 0) is 103 Å². The van der Waals surface area contributed by atoms with E-state index in [4.69, 9.17) is 4.74 Å². The average Bonchev–Trinajstić information content (AvgIpc) is 2.73. The quantitative estimate of drug-likeness (QED) is 0.616. The molecule has 3 rings (SSSR count). The Balaban J connectivity index is 1.57. The second kappa shape index (κ2) is 10.3. The molecule has 0 bridgehead atoms. The zero-order chi connectivity index (χ0) is 23.6. The van der Waals surface area contributed by atoms with Crippen molar-refractivity contribution in [2.75, 3.05) is 23.3 Å². The van der Waals surface area contributed by atoms with Crippen molar-refractivity contribution in [3.05, 3.63) is 23.3 Å². The third-order valence-corrected chi connectivity index (χ3v) is 9.42. The van der Waals surface area contributed by atoms with Crippen LogP contribution in [-0.2, 0) is 14.8 Å². The summed E-state index contributed by atoms with van der Waals surface area (Å²) >= 11 is 0. The van der Waals surface area contributed by atoms with E-state index in [-0.39, 0.29) is 23.5 Å². The summed E-state index contributed by atoms with van der Waals surface area (Å²) in [6.45, 7) is 16.3. The molecule has 0 radical (unpaired) electrons. The van der Waals surface area contributed by atoms with Gasteiger partial charge in [0, 0.05) is 30.5 Å². The van der Waals surface area contributed by atoms with Gasteiger partial charge in [0.15, 0.2) is 0 Å². The molecule has 0 aromatic heterocycles. The predicted molar refractivity (Wildman–Crippen MR) is 134 cm³/mol. The van der Waals surface area contributed by atoms with Crippen molar-refractivity contribution in [2.45, 2.75) is 104 Å². The molecule has 32 heavy (non-hydrogen) atoms. The van der Waals surface area contributed by atoms with E-state index in [1.165, 1.54) is 22.5 Å². The van der Waals surface area contributed by atoms with Crippen molar-refractivity contribution in [3.8, 4) is 0 Å². The Morgan fingerprint density at radius 2 is 1.72 bits per heavy atom. The van der Waals surface area contributed by atoms with Gasteiger partial charge in [-0.1, -0.05) is 0 Å². The molecular weight excluding hydrogens is 422 g/mol. The Labute approximate surface area is 195 Å². The fourth-order valence-electron chi connectivity index (χ4n) is 4.95. The number of hydrogen-bond acceptors (Lipinski definition) is 5. The SMILES string of the molecule is Cc1c(NCC2CCC(NS(=O)(=O)C(C)C)CC2)ccc(N2C[C@H](C)O[C@H](C)C2C)c1C. The zero-order valence-corrected chi connectivity index (χ0v) is 21.8. The number of ether oxygens (including phenoxy) is 1. The molecule has 0 amide bonds. The molecule has 0 spiro atoms. The number of sulfonamides is 1. The Kier molecular flexibility index (Phi) is 8.16. The van der Waals surface area contributed by atoms with E-state index in [2.05, 4.69) is 61.7 Å². The van der Waals surface area contributed by atoms with Gasteiger partial charge in [-0.2, -0.15) is 0 Å². The number of nitrogens with one attached hydrogen (secondary N) is 2. The first-order chi connectivity index (χ1) is 15.0. The van der Waals surface area contributed by atoms with Crippen LogP contribution >= 0.6 is 0 Å². The van der Waals surface area contributed by atoms with E-state index in [1.54, 1.807) is 13.8 Å². The third kappa shape index (κ3) is 5.78. The molecule has 1 saturated heterocycles. The molecular formula is C25H43N3O3S. The molecule has 2 N–H and O–H groups in total. The molecule has 2 fully saturated rings. The lowest BCUT2D eigenvalue weighted by molar-refractivity contribution is -0.0258. The van der Waals surface area contributed by atoms with Crippen LogP contribution in [0.5, 0.6) is 0 Å². The van der Waals surface area contributed by atoms with Gasteiger partial charge in [-0.3, -0.25) is 0 Å². The summed E-state index contributed by atoms with van der Waals surface area (Å²) in [7, 11) is -3.18. The van der Waals surface area contributed by atoms with E-state index in [9.17, 15) is 8.42 Å². The maximum Gasteiger partial charge on any atom is 0.214 e. The first-order valence-electron chi connectivity index (χ1n) is 12.3. The molecule has 1 aliphatic carbocycles. The van der Waals surface area contributed by atoms with Crippen LogP contribution in [0.1, 0.15) is 71.4 Å². The highest BCUT2D eigenvalue weighted by atomic mass is 32.2. The summed E-state index contributed by atoms with van der Waals surface area (Å²) < 4.78 is 33.1. The normalized spacial score (nSPS) is 29.4. The van der Waals surface area contributed by atoms with Crippen LogP contribution in [0.3, 0.4) is 0 Å². The van der Waals surface area contributed by atoms with Crippen LogP contribution in [0.15, 0.2) is 12.1 Å². The Bertz CT molecular complexity index is 879. The van der Waals surface area contributed by atoms with E-state index >= 15 is 0 Å². The molecule has 1 aromatic rings. The van der Waals surface area contributed by atoms with E-state index in [1.807, 2.05) is 0 Å². The maximum absolute atomic E-state index is 12.1. The number of benzene rings is 1. The Morgan fingerprint density at radius 3 is 2.34 bits per heavy atom. The number of rotatable bonds is 7. The van der Waals surface area contributed by atoms with E-state index < -0.39 is 10.0 Å². The third-order valence-electron chi connectivity index (χ3n) is 7.52. The molecule has 182 valence electrons. The van der Waals surface area contributed by atoms with Gasteiger partial charge < -0.3 is 15.0 Å². The van der Waals surface area contributed by atoms with Gasteiger partial charge in [-0.25, -0.2) is 13.1 Å². The minimum atomic E-state index is -3.18. The van der Waals surface area contributed by atoms with Crippen LogP contribution in [0.4, 0.5) is 11.4 Å². The molecule has 1 aliphatic heterocycles. The lowest BCUT2D eigenvalue weighted by Gasteiger charge is -2.43. The van der Waals surface area contributed by atoms with Gasteiger partial charge in [0.2, 0.25) is 10.0 Å². The molecule has 1 saturated carbocycles. The number of hydrogen-bond donors (Lipinski definition) is 2. The lowest BCUT2D eigenvalue weighted by Crippen LogP contribution is -2.52. The average molecular weight is 466 g/mol. The highest BCUT2D eigenvalue weighted by Crippen LogP contribution is 2.33. The zero-order valence-electron chi connectivity index (χ0n) is 20.9. The topological polar surface area (TPSA) is 70.7 Å². The number of morpholine rings is 1. The predicted octanol–water partition coefficient (Wildman–Crippen LogP) is 4.60. The van der Waals surface area contributed by atoms with Crippen molar-refractivity contribution in [1.29, 1.82) is 0 Å². The smallest absolute Gasteiger partial charge is 0.214 e.